The summed E-state index contributed by atoms with van der Waals surface area (Å²) in [5.74, 6) is -0.903. The monoisotopic (exact) mass is 314 g/mol. The van der Waals surface area contributed by atoms with Gasteiger partial charge in [0, 0.05) is 11.6 Å². The molecule has 0 heterocycles. The Morgan fingerprint density at radius 1 is 1.00 bits per heavy atom. The van der Waals surface area contributed by atoms with Crippen molar-refractivity contribution < 1.29 is 23.4 Å². The van der Waals surface area contributed by atoms with Crippen LogP contribution in [0.3, 0.4) is 0 Å². The van der Waals surface area contributed by atoms with Crippen molar-refractivity contribution in [1.29, 1.82) is 0 Å². The van der Waals surface area contributed by atoms with Gasteiger partial charge in [-0.05, 0) is 23.8 Å². The summed E-state index contributed by atoms with van der Waals surface area (Å²) in [6.07, 6.45) is -1.35. The largest absolute Gasteiger partial charge is 0.493 e. The Hall–Kier alpha value is -1.85. The normalized spacial score (nSPS) is 12.1. The molecular weight excluding hydrogens is 302 g/mol. The van der Waals surface area contributed by atoms with Crippen molar-refractivity contribution in [3.63, 3.8) is 0 Å². The predicted molar refractivity (Wildman–Crippen MR) is 75.0 cm³/mol. The average Bonchev–Trinajstić information content (AvgIpc) is 2.49. The van der Waals surface area contributed by atoms with E-state index >= 15 is 0 Å². The second-order valence-corrected chi connectivity index (χ2v) is 4.71. The lowest BCUT2D eigenvalue weighted by molar-refractivity contribution is 0.213. The molecule has 0 bridgehead atoms. The molecule has 2 rings (SSSR count). The number of rotatable bonds is 4. The maximum atomic E-state index is 14.1. The minimum Gasteiger partial charge on any atom is -0.493 e. The Morgan fingerprint density at radius 3 is 2.19 bits per heavy atom. The summed E-state index contributed by atoms with van der Waals surface area (Å²) in [5.41, 5.74) is 0.136. The van der Waals surface area contributed by atoms with Gasteiger partial charge in [0.15, 0.2) is 11.5 Å². The zero-order valence-electron chi connectivity index (χ0n) is 11.4. The molecule has 0 aliphatic rings. The van der Waals surface area contributed by atoms with Crippen molar-refractivity contribution in [1.82, 2.24) is 0 Å². The maximum Gasteiger partial charge on any atom is 0.163 e. The van der Waals surface area contributed by atoms with E-state index in [1.54, 1.807) is 0 Å². The molecule has 3 nitrogen and oxygen atoms in total. The summed E-state index contributed by atoms with van der Waals surface area (Å²) in [7, 11) is 2.77. The zero-order valence-corrected chi connectivity index (χ0v) is 12.1. The van der Waals surface area contributed by atoms with E-state index in [2.05, 4.69) is 0 Å². The molecule has 21 heavy (non-hydrogen) atoms. The lowest BCUT2D eigenvalue weighted by Crippen LogP contribution is -2.05. The number of hydrogen-bond acceptors (Lipinski definition) is 3. The number of halogens is 3. The fourth-order valence-corrected chi connectivity index (χ4v) is 2.06. The van der Waals surface area contributed by atoms with Crippen molar-refractivity contribution in [2.75, 3.05) is 14.2 Å². The molecule has 0 saturated heterocycles. The molecule has 1 N–H and O–H groups in total. The van der Waals surface area contributed by atoms with Gasteiger partial charge in [-0.25, -0.2) is 8.78 Å². The lowest BCUT2D eigenvalue weighted by atomic mass is 10.0. The third-order valence-electron chi connectivity index (χ3n) is 3.06. The fourth-order valence-electron chi connectivity index (χ4n) is 1.94. The van der Waals surface area contributed by atoms with Crippen LogP contribution in [0.5, 0.6) is 11.5 Å². The molecule has 0 fully saturated rings. The van der Waals surface area contributed by atoms with Crippen LogP contribution in [0.2, 0.25) is 5.02 Å². The van der Waals surface area contributed by atoms with Crippen LogP contribution in [-0.4, -0.2) is 19.3 Å². The Kier molecular flexibility index (Phi) is 4.65. The first-order chi connectivity index (χ1) is 9.97. The molecule has 112 valence electrons. The van der Waals surface area contributed by atoms with Crippen LogP contribution in [0.4, 0.5) is 8.78 Å². The maximum absolute atomic E-state index is 14.1. The zero-order chi connectivity index (χ0) is 15.6. The summed E-state index contributed by atoms with van der Waals surface area (Å²) < 4.78 is 37.5. The van der Waals surface area contributed by atoms with Gasteiger partial charge in [-0.1, -0.05) is 17.7 Å². The van der Waals surface area contributed by atoms with Gasteiger partial charge in [-0.3, -0.25) is 0 Å². The molecule has 1 unspecified atom stereocenters. The number of benzene rings is 2. The summed E-state index contributed by atoms with van der Waals surface area (Å²) >= 11 is 5.58. The van der Waals surface area contributed by atoms with Gasteiger partial charge in [0.25, 0.3) is 0 Å². The minimum atomic E-state index is -1.35. The van der Waals surface area contributed by atoms with Crippen molar-refractivity contribution in [2.45, 2.75) is 6.10 Å². The topological polar surface area (TPSA) is 38.7 Å². The van der Waals surface area contributed by atoms with Gasteiger partial charge in [-0.2, -0.15) is 0 Å². The Morgan fingerprint density at radius 2 is 1.62 bits per heavy atom. The van der Waals surface area contributed by atoms with Gasteiger partial charge in [0.05, 0.1) is 19.2 Å². The molecule has 6 heteroatoms. The van der Waals surface area contributed by atoms with Crippen molar-refractivity contribution in [3.8, 4) is 11.5 Å². The second-order valence-electron chi connectivity index (χ2n) is 4.30. The smallest absolute Gasteiger partial charge is 0.163 e. The van der Waals surface area contributed by atoms with Crippen LogP contribution in [0.1, 0.15) is 17.2 Å². The quantitative estimate of drug-likeness (QED) is 0.935. The third-order valence-corrected chi connectivity index (χ3v) is 3.36. The van der Waals surface area contributed by atoms with Crippen LogP contribution < -0.4 is 9.47 Å². The molecule has 0 aromatic heterocycles. The molecule has 1 atom stereocenters. The Balaban J connectivity index is 2.47. The summed E-state index contributed by atoms with van der Waals surface area (Å²) in [6.45, 7) is 0. The molecule has 0 spiro atoms. The number of ether oxygens (including phenoxy) is 2. The van der Waals surface area contributed by atoms with Gasteiger partial charge in [0.1, 0.15) is 17.7 Å². The standard InChI is InChI=1S/C15H13ClF2O3/c1-20-13-6-9(11(17)7-14(13)21-2)15(19)8-3-4-10(16)12(18)5-8/h3-7,15,19H,1-2H3. The van der Waals surface area contributed by atoms with Crippen LogP contribution in [0.15, 0.2) is 30.3 Å². The van der Waals surface area contributed by atoms with Gasteiger partial charge >= 0.3 is 0 Å². The first-order valence-corrected chi connectivity index (χ1v) is 6.40. The summed E-state index contributed by atoms with van der Waals surface area (Å²) in [5, 5.41) is 10.2. The highest BCUT2D eigenvalue weighted by molar-refractivity contribution is 6.30. The van der Waals surface area contributed by atoms with E-state index in [1.165, 1.54) is 32.4 Å². The molecule has 0 aliphatic carbocycles. The van der Waals surface area contributed by atoms with Crippen molar-refractivity contribution in [3.05, 3.63) is 58.1 Å². The Bertz CT molecular complexity index is 662. The summed E-state index contributed by atoms with van der Waals surface area (Å²) in [4.78, 5) is 0. The van der Waals surface area contributed by atoms with Crippen LogP contribution in [-0.2, 0) is 0 Å². The first kappa shape index (κ1) is 15.5. The number of methoxy groups -OCH3 is 2. The third kappa shape index (κ3) is 3.09. The second kappa shape index (κ2) is 6.28. The van der Waals surface area contributed by atoms with E-state index in [9.17, 15) is 13.9 Å². The van der Waals surface area contributed by atoms with E-state index in [1.807, 2.05) is 0 Å². The molecule has 2 aromatic carbocycles. The van der Waals surface area contributed by atoms with Gasteiger partial charge in [0.2, 0.25) is 0 Å². The number of hydrogen-bond donors (Lipinski definition) is 1. The van der Waals surface area contributed by atoms with Gasteiger partial charge in [-0.15, -0.1) is 0 Å². The lowest BCUT2D eigenvalue weighted by Gasteiger charge is -2.16. The van der Waals surface area contributed by atoms with Gasteiger partial charge < -0.3 is 14.6 Å². The van der Waals surface area contributed by atoms with E-state index in [0.717, 1.165) is 12.1 Å². The highest BCUT2D eigenvalue weighted by Gasteiger charge is 2.20. The van der Waals surface area contributed by atoms with Crippen LogP contribution in [0.25, 0.3) is 0 Å². The van der Waals surface area contributed by atoms with Crippen LogP contribution >= 0.6 is 11.6 Å². The molecule has 0 amide bonds. The SMILES string of the molecule is COc1cc(F)c(C(O)c2ccc(Cl)c(F)c2)cc1OC. The molecule has 0 aliphatic heterocycles. The molecule has 0 radical (unpaired) electrons. The van der Waals surface area contributed by atoms with E-state index in [4.69, 9.17) is 21.1 Å². The van der Waals surface area contributed by atoms with E-state index in [-0.39, 0.29) is 27.6 Å². The fraction of sp³-hybridized carbons (Fsp3) is 0.200. The van der Waals surface area contributed by atoms with E-state index in [0.29, 0.717) is 0 Å². The Labute approximate surface area is 125 Å². The predicted octanol–water partition coefficient (Wildman–Crippen LogP) is 3.72. The highest BCUT2D eigenvalue weighted by atomic mass is 35.5. The number of aliphatic hydroxyl groups excluding tert-OH is 1. The molecule has 0 saturated carbocycles. The molecular formula is C15H13ClF2O3. The number of aliphatic hydroxyl groups is 1. The van der Waals surface area contributed by atoms with Crippen molar-refractivity contribution in [2.24, 2.45) is 0 Å². The first-order valence-electron chi connectivity index (χ1n) is 6.02. The van der Waals surface area contributed by atoms with Crippen LogP contribution in [0, 0.1) is 11.6 Å². The minimum absolute atomic E-state index is 0.0469. The average molecular weight is 315 g/mol. The van der Waals surface area contributed by atoms with E-state index < -0.39 is 17.7 Å². The highest BCUT2D eigenvalue weighted by Crippen LogP contribution is 2.35. The summed E-state index contributed by atoms with van der Waals surface area (Å²) in [6, 6.07) is 6.19. The molecule has 2 aromatic rings. The van der Waals surface area contributed by atoms with Crippen molar-refractivity contribution >= 4 is 11.6 Å².